The molecule has 2 aliphatic heterocycles. The Kier molecular flexibility index (Phi) is 12.7. The summed E-state index contributed by atoms with van der Waals surface area (Å²) >= 11 is 6.52. The number of amides is 3. The number of halogens is 1. The zero-order chi connectivity index (χ0) is 40.1. The number of carbonyl (C=O) groups excluding carboxylic acids is 3. The third kappa shape index (κ3) is 8.91. The summed E-state index contributed by atoms with van der Waals surface area (Å²) in [6, 6.07) is 9.36. The molecule has 7 rings (SSSR count). The number of nitrogens with one attached hydrogen (secondary N) is 2. The highest BCUT2D eigenvalue weighted by molar-refractivity contribution is 6.34. The number of urea groups is 1. The molecule has 0 radical (unpaired) electrons. The highest BCUT2D eigenvalue weighted by Gasteiger charge is 2.27. The van der Waals surface area contributed by atoms with Crippen molar-refractivity contribution in [1.29, 1.82) is 0 Å². The number of piperazine rings is 1. The van der Waals surface area contributed by atoms with Gasteiger partial charge in [-0.15, -0.1) is 0 Å². The van der Waals surface area contributed by atoms with Gasteiger partial charge in [0.15, 0.2) is 5.78 Å². The molecular formula is C42H53ClN10O4. The summed E-state index contributed by atoms with van der Waals surface area (Å²) in [5.74, 6) is 1.40. The Hall–Kier alpha value is -5.08. The normalized spacial score (nSPS) is 16.9. The van der Waals surface area contributed by atoms with Gasteiger partial charge in [-0.3, -0.25) is 34.1 Å². The molecule has 57 heavy (non-hydrogen) atoms. The molecule has 1 aromatic carbocycles. The predicted octanol–water partition coefficient (Wildman–Crippen LogP) is 6.72. The van der Waals surface area contributed by atoms with E-state index < -0.39 is 6.03 Å². The fourth-order valence-electron chi connectivity index (χ4n) is 8.73. The van der Waals surface area contributed by atoms with E-state index in [1.807, 2.05) is 37.4 Å². The zero-order valence-corrected chi connectivity index (χ0v) is 33.9. The number of pyridine rings is 2. The maximum atomic E-state index is 13.6. The molecule has 1 saturated carbocycles. The number of carbonyl (C=O) groups is 3. The van der Waals surface area contributed by atoms with Crippen molar-refractivity contribution in [3.8, 4) is 0 Å². The molecule has 3 fully saturated rings. The molecule has 0 bridgehead atoms. The molecule has 1 aliphatic carbocycles. The molecule has 14 nitrogen and oxygen atoms in total. The van der Waals surface area contributed by atoms with Crippen LogP contribution in [0, 0.1) is 12.8 Å². The second-order valence-corrected chi connectivity index (χ2v) is 15.9. The standard InChI is InChI=1S/C42H53ClN10O4/c1-4-16-52(42(57)46-27-54)36-24-32(9-11-35(36)43)50-18-14-30(15-19-50)13-17-49-20-22-51(23-21-49)33-10-12-37(44-25-33)47-41-45-26-34-28(2)38(29(3)55)40(56)53(39(34)48-41)31-7-5-6-8-31/h9-12,24-27,30-31H,4-8,13-23H2,1-3H3,(H,46,54,57)(H,44,45,47,48). The lowest BCUT2D eigenvalue weighted by Crippen LogP contribution is -2.47. The van der Waals surface area contributed by atoms with Gasteiger partial charge >= 0.3 is 6.03 Å². The van der Waals surface area contributed by atoms with E-state index in [0.29, 0.717) is 52.6 Å². The van der Waals surface area contributed by atoms with Gasteiger partial charge in [0.05, 0.1) is 28.2 Å². The zero-order valence-electron chi connectivity index (χ0n) is 33.2. The number of aryl methyl sites for hydroxylation is 1. The number of ketones is 1. The number of hydrogen-bond acceptors (Lipinski definition) is 11. The van der Waals surface area contributed by atoms with Crippen LogP contribution < -0.4 is 30.9 Å². The van der Waals surface area contributed by atoms with Crippen LogP contribution in [0.2, 0.25) is 5.02 Å². The van der Waals surface area contributed by atoms with Crippen LogP contribution in [0.25, 0.3) is 11.0 Å². The molecule has 3 amide bonds. The molecule has 0 spiro atoms. The Labute approximate surface area is 338 Å². The monoisotopic (exact) mass is 796 g/mol. The van der Waals surface area contributed by atoms with Crippen LogP contribution in [0.5, 0.6) is 0 Å². The van der Waals surface area contributed by atoms with Gasteiger partial charge in [0, 0.05) is 69.1 Å². The average molecular weight is 797 g/mol. The minimum absolute atomic E-state index is 0.0193. The van der Waals surface area contributed by atoms with E-state index in [1.54, 1.807) is 17.7 Å². The summed E-state index contributed by atoms with van der Waals surface area (Å²) < 4.78 is 1.72. The smallest absolute Gasteiger partial charge is 0.328 e. The van der Waals surface area contributed by atoms with Crippen molar-refractivity contribution in [2.24, 2.45) is 5.92 Å². The van der Waals surface area contributed by atoms with E-state index in [-0.39, 0.29) is 22.9 Å². The first kappa shape index (κ1) is 40.1. The van der Waals surface area contributed by atoms with Gasteiger partial charge in [-0.1, -0.05) is 31.4 Å². The van der Waals surface area contributed by atoms with Gasteiger partial charge in [0.2, 0.25) is 12.4 Å². The molecule has 0 unspecified atom stereocenters. The number of aromatic nitrogens is 4. The van der Waals surface area contributed by atoms with Gasteiger partial charge in [0.25, 0.3) is 5.56 Å². The van der Waals surface area contributed by atoms with Crippen molar-refractivity contribution in [2.45, 2.75) is 78.2 Å². The lowest BCUT2D eigenvalue weighted by molar-refractivity contribution is -0.108. The molecule has 3 aromatic heterocycles. The van der Waals surface area contributed by atoms with E-state index >= 15 is 0 Å². The third-order valence-electron chi connectivity index (χ3n) is 11.9. The molecule has 4 aromatic rings. The summed E-state index contributed by atoms with van der Waals surface area (Å²) in [4.78, 5) is 72.4. The van der Waals surface area contributed by atoms with Crippen molar-refractivity contribution in [3.63, 3.8) is 0 Å². The van der Waals surface area contributed by atoms with Gasteiger partial charge in [0.1, 0.15) is 11.5 Å². The second kappa shape index (κ2) is 18.0. The number of rotatable bonds is 13. The first-order valence-corrected chi connectivity index (χ1v) is 20.7. The van der Waals surface area contributed by atoms with Crippen LogP contribution in [-0.4, -0.2) is 95.0 Å². The number of piperidine rings is 1. The van der Waals surface area contributed by atoms with Gasteiger partial charge < -0.3 is 15.1 Å². The van der Waals surface area contributed by atoms with E-state index in [0.717, 1.165) is 108 Å². The summed E-state index contributed by atoms with van der Waals surface area (Å²) in [5, 5.41) is 6.68. The summed E-state index contributed by atoms with van der Waals surface area (Å²) in [6.07, 6.45) is 12.0. The molecular weight excluding hydrogens is 744 g/mol. The third-order valence-corrected chi connectivity index (χ3v) is 12.2. The Bertz CT molecular complexity index is 2140. The fraction of sp³-hybridized carbons (Fsp3) is 0.500. The molecule has 5 heterocycles. The Morgan fingerprint density at radius 3 is 2.33 bits per heavy atom. The fourth-order valence-corrected chi connectivity index (χ4v) is 8.95. The number of nitrogens with zero attached hydrogens (tertiary/aromatic N) is 8. The number of imide groups is 1. The molecule has 3 aliphatic rings. The SMILES string of the molecule is CCCN(C(=O)NC=O)c1cc(N2CCC(CCN3CCN(c4ccc(Nc5ncc6c(C)c(C(C)=O)c(=O)n(C7CCCC7)c6n5)nc4)CC3)CC2)ccc1Cl. The number of fused-ring (bicyclic) bond motifs is 1. The van der Waals surface area contributed by atoms with Gasteiger partial charge in [-0.25, -0.2) is 14.8 Å². The van der Waals surface area contributed by atoms with Crippen LogP contribution in [0.15, 0.2) is 47.5 Å². The Morgan fingerprint density at radius 1 is 0.947 bits per heavy atom. The van der Waals surface area contributed by atoms with E-state index in [4.69, 9.17) is 16.6 Å². The average Bonchev–Trinajstić information content (AvgIpc) is 3.75. The Morgan fingerprint density at radius 2 is 1.67 bits per heavy atom. The van der Waals surface area contributed by atoms with Crippen molar-refractivity contribution < 1.29 is 14.4 Å². The van der Waals surface area contributed by atoms with Crippen molar-refractivity contribution in [3.05, 3.63) is 69.2 Å². The number of benzene rings is 1. The molecule has 2 saturated heterocycles. The first-order valence-electron chi connectivity index (χ1n) is 20.3. The van der Waals surface area contributed by atoms with Crippen LogP contribution in [0.3, 0.4) is 0 Å². The number of hydrogen-bond donors (Lipinski definition) is 2. The lowest BCUT2D eigenvalue weighted by Gasteiger charge is -2.38. The van der Waals surface area contributed by atoms with Crippen LogP contribution in [0.1, 0.15) is 87.2 Å². The summed E-state index contributed by atoms with van der Waals surface area (Å²) in [5.41, 5.74) is 3.86. The van der Waals surface area contributed by atoms with E-state index in [9.17, 15) is 19.2 Å². The summed E-state index contributed by atoms with van der Waals surface area (Å²) in [6.45, 7) is 12.5. The highest BCUT2D eigenvalue weighted by atomic mass is 35.5. The van der Waals surface area contributed by atoms with Gasteiger partial charge in [-0.05, 0) is 101 Å². The molecule has 15 heteroatoms. The second-order valence-electron chi connectivity index (χ2n) is 15.5. The van der Waals surface area contributed by atoms with Crippen molar-refractivity contribution >= 4 is 69.7 Å². The quantitative estimate of drug-likeness (QED) is 0.110. The minimum atomic E-state index is -0.475. The largest absolute Gasteiger partial charge is 0.371 e. The van der Waals surface area contributed by atoms with Crippen molar-refractivity contribution in [1.82, 2.24) is 29.7 Å². The molecule has 302 valence electrons. The highest BCUT2D eigenvalue weighted by Crippen LogP contribution is 2.34. The van der Waals surface area contributed by atoms with Crippen LogP contribution in [0.4, 0.5) is 33.6 Å². The topological polar surface area (TPSA) is 149 Å². The van der Waals surface area contributed by atoms with Crippen molar-refractivity contribution in [2.75, 3.05) is 72.4 Å². The maximum Gasteiger partial charge on any atom is 0.328 e. The van der Waals surface area contributed by atoms with E-state index in [2.05, 4.69) is 41.4 Å². The molecule has 0 atom stereocenters. The summed E-state index contributed by atoms with van der Waals surface area (Å²) in [7, 11) is 0. The maximum absolute atomic E-state index is 13.6. The minimum Gasteiger partial charge on any atom is -0.371 e. The van der Waals surface area contributed by atoms with Crippen LogP contribution >= 0.6 is 11.6 Å². The Balaban J connectivity index is 0.898. The number of anilines is 5. The van der Waals surface area contributed by atoms with E-state index in [1.165, 1.54) is 18.2 Å². The molecule has 2 N–H and O–H groups in total. The van der Waals surface area contributed by atoms with Crippen LogP contribution in [-0.2, 0) is 4.79 Å². The first-order chi connectivity index (χ1) is 27.6. The lowest BCUT2D eigenvalue weighted by atomic mass is 9.93. The predicted molar refractivity (Wildman–Crippen MR) is 225 cm³/mol. The van der Waals surface area contributed by atoms with Gasteiger partial charge in [-0.2, -0.15) is 4.98 Å². The number of Topliss-reactive ketones (excluding diaryl/α,β-unsaturated/α-hetero) is 1.